The molecule has 0 aliphatic carbocycles. The average molecular weight is 301 g/mol. The Kier molecular flexibility index (Phi) is 4.24. The molecule has 0 bridgehead atoms. The van der Waals surface area contributed by atoms with Crippen molar-refractivity contribution in [2.75, 3.05) is 19.0 Å². The van der Waals surface area contributed by atoms with Crippen LogP contribution in [-0.4, -0.2) is 19.9 Å². The van der Waals surface area contributed by atoms with E-state index in [1.54, 1.807) is 0 Å². The third-order valence-electron chi connectivity index (χ3n) is 3.88. The van der Waals surface area contributed by atoms with Crippen LogP contribution in [0.4, 0.5) is 5.69 Å². The van der Waals surface area contributed by atoms with Crippen LogP contribution in [-0.2, 0) is 0 Å². The van der Waals surface area contributed by atoms with Crippen molar-refractivity contribution in [1.29, 1.82) is 0 Å². The van der Waals surface area contributed by atoms with Gasteiger partial charge >= 0.3 is 0 Å². The van der Waals surface area contributed by atoms with Gasteiger partial charge in [-0.3, -0.25) is 4.79 Å². The minimum atomic E-state index is 0.0499. The molecule has 0 heterocycles. The van der Waals surface area contributed by atoms with Gasteiger partial charge in [0, 0.05) is 30.9 Å². The number of rotatable bonds is 4. The summed E-state index contributed by atoms with van der Waals surface area (Å²) >= 11 is 0. The van der Waals surface area contributed by atoms with E-state index in [1.807, 2.05) is 85.7 Å². The fraction of sp³-hybridized carbons (Fsp3) is 0.0952. The first-order valence-electron chi connectivity index (χ1n) is 7.63. The Labute approximate surface area is 137 Å². The first-order valence-corrected chi connectivity index (χ1v) is 7.63. The molecular weight excluding hydrogens is 282 g/mol. The molecule has 2 heteroatoms. The van der Waals surface area contributed by atoms with Crippen LogP contribution in [0.2, 0.25) is 0 Å². The highest BCUT2D eigenvalue weighted by atomic mass is 16.1. The van der Waals surface area contributed by atoms with Crippen molar-refractivity contribution in [2.24, 2.45) is 0 Å². The third-order valence-corrected chi connectivity index (χ3v) is 3.88. The Morgan fingerprint density at radius 3 is 1.91 bits per heavy atom. The summed E-state index contributed by atoms with van der Waals surface area (Å²) in [5.41, 5.74) is 4.64. The molecular formula is C21H19NO. The SMILES string of the molecule is CN(C)c1ccccc1C(=O)c1ccc(-c2ccccc2)cc1. The van der Waals surface area contributed by atoms with Gasteiger partial charge in [-0.25, -0.2) is 0 Å². The Bertz CT molecular complexity index is 805. The van der Waals surface area contributed by atoms with E-state index in [1.165, 1.54) is 0 Å². The molecule has 3 rings (SSSR count). The van der Waals surface area contributed by atoms with E-state index >= 15 is 0 Å². The number of hydrogen-bond donors (Lipinski definition) is 0. The predicted molar refractivity (Wildman–Crippen MR) is 96.1 cm³/mol. The van der Waals surface area contributed by atoms with E-state index in [0.717, 1.165) is 22.4 Å². The standard InChI is InChI=1S/C21H19NO/c1-22(2)20-11-7-6-10-19(20)21(23)18-14-12-17(13-15-18)16-8-4-3-5-9-16/h3-15H,1-2H3. The Morgan fingerprint density at radius 1 is 0.696 bits per heavy atom. The van der Waals surface area contributed by atoms with Crippen molar-refractivity contribution in [3.63, 3.8) is 0 Å². The summed E-state index contributed by atoms with van der Waals surface area (Å²) in [6.07, 6.45) is 0. The lowest BCUT2D eigenvalue weighted by molar-refractivity contribution is 0.103. The van der Waals surface area contributed by atoms with Crippen LogP contribution < -0.4 is 4.90 Å². The van der Waals surface area contributed by atoms with Crippen molar-refractivity contribution in [3.05, 3.63) is 90.0 Å². The summed E-state index contributed by atoms with van der Waals surface area (Å²) in [6.45, 7) is 0. The second-order valence-electron chi connectivity index (χ2n) is 5.68. The summed E-state index contributed by atoms with van der Waals surface area (Å²) in [4.78, 5) is 14.8. The molecule has 3 aromatic carbocycles. The van der Waals surface area contributed by atoms with Crippen LogP contribution in [0.15, 0.2) is 78.9 Å². The lowest BCUT2D eigenvalue weighted by Crippen LogP contribution is -2.14. The molecule has 0 radical (unpaired) electrons. The summed E-state index contributed by atoms with van der Waals surface area (Å²) in [7, 11) is 3.90. The minimum Gasteiger partial charge on any atom is -0.377 e. The maximum atomic E-state index is 12.8. The lowest BCUT2D eigenvalue weighted by atomic mass is 9.98. The van der Waals surface area contributed by atoms with Gasteiger partial charge in [-0.2, -0.15) is 0 Å². The molecule has 0 aliphatic rings. The van der Waals surface area contributed by atoms with Gasteiger partial charge in [0.05, 0.1) is 0 Å². The molecule has 0 unspecified atom stereocenters. The van der Waals surface area contributed by atoms with Gasteiger partial charge < -0.3 is 4.90 Å². The fourth-order valence-corrected chi connectivity index (χ4v) is 2.66. The van der Waals surface area contributed by atoms with Gasteiger partial charge in [0.2, 0.25) is 0 Å². The molecule has 0 aliphatic heterocycles. The van der Waals surface area contributed by atoms with E-state index in [2.05, 4.69) is 12.1 Å². The number of ketones is 1. The molecule has 0 fully saturated rings. The van der Waals surface area contributed by atoms with Crippen LogP contribution in [0, 0.1) is 0 Å². The van der Waals surface area contributed by atoms with Gasteiger partial charge in [-0.1, -0.05) is 66.7 Å². The number of para-hydroxylation sites is 1. The van der Waals surface area contributed by atoms with Crippen LogP contribution in [0.1, 0.15) is 15.9 Å². The maximum absolute atomic E-state index is 12.8. The summed E-state index contributed by atoms with van der Waals surface area (Å²) in [5, 5.41) is 0. The smallest absolute Gasteiger partial charge is 0.195 e. The second-order valence-corrected chi connectivity index (χ2v) is 5.68. The highest BCUT2D eigenvalue weighted by Gasteiger charge is 2.14. The van der Waals surface area contributed by atoms with Crippen LogP contribution in [0.25, 0.3) is 11.1 Å². The van der Waals surface area contributed by atoms with Crippen LogP contribution in [0.5, 0.6) is 0 Å². The summed E-state index contributed by atoms with van der Waals surface area (Å²) < 4.78 is 0. The highest BCUT2D eigenvalue weighted by molar-refractivity contribution is 6.12. The monoisotopic (exact) mass is 301 g/mol. The molecule has 114 valence electrons. The normalized spacial score (nSPS) is 10.3. The fourth-order valence-electron chi connectivity index (χ4n) is 2.66. The van der Waals surface area contributed by atoms with E-state index < -0.39 is 0 Å². The van der Waals surface area contributed by atoms with E-state index in [-0.39, 0.29) is 5.78 Å². The number of benzene rings is 3. The summed E-state index contributed by atoms with van der Waals surface area (Å²) in [5.74, 6) is 0.0499. The van der Waals surface area contributed by atoms with E-state index in [0.29, 0.717) is 5.56 Å². The van der Waals surface area contributed by atoms with Gasteiger partial charge in [-0.15, -0.1) is 0 Å². The number of nitrogens with zero attached hydrogens (tertiary/aromatic N) is 1. The highest BCUT2D eigenvalue weighted by Crippen LogP contribution is 2.24. The predicted octanol–water partition coefficient (Wildman–Crippen LogP) is 4.65. The molecule has 23 heavy (non-hydrogen) atoms. The molecule has 0 amide bonds. The number of hydrogen-bond acceptors (Lipinski definition) is 2. The zero-order chi connectivity index (χ0) is 16.2. The molecule has 0 saturated carbocycles. The van der Waals surface area contributed by atoms with Gasteiger partial charge in [0.15, 0.2) is 5.78 Å². The molecule has 0 atom stereocenters. The van der Waals surface area contributed by atoms with Crippen molar-refractivity contribution in [1.82, 2.24) is 0 Å². The molecule has 3 aromatic rings. The molecule has 0 spiro atoms. The zero-order valence-electron chi connectivity index (χ0n) is 13.4. The van der Waals surface area contributed by atoms with Crippen molar-refractivity contribution >= 4 is 11.5 Å². The second kappa shape index (κ2) is 6.49. The van der Waals surface area contributed by atoms with Gasteiger partial charge in [0.25, 0.3) is 0 Å². The van der Waals surface area contributed by atoms with Crippen molar-refractivity contribution in [2.45, 2.75) is 0 Å². The van der Waals surface area contributed by atoms with E-state index in [9.17, 15) is 4.79 Å². The van der Waals surface area contributed by atoms with Crippen molar-refractivity contribution in [3.8, 4) is 11.1 Å². The Balaban J connectivity index is 1.93. The lowest BCUT2D eigenvalue weighted by Gasteiger charge is -2.16. The van der Waals surface area contributed by atoms with Crippen molar-refractivity contribution < 1.29 is 4.79 Å². The molecule has 0 aromatic heterocycles. The van der Waals surface area contributed by atoms with Gasteiger partial charge in [0.1, 0.15) is 0 Å². The maximum Gasteiger partial charge on any atom is 0.195 e. The largest absolute Gasteiger partial charge is 0.377 e. The molecule has 0 saturated heterocycles. The average Bonchev–Trinajstić information content (AvgIpc) is 2.62. The number of carbonyl (C=O) groups is 1. The Hall–Kier alpha value is -2.87. The van der Waals surface area contributed by atoms with Crippen LogP contribution in [0.3, 0.4) is 0 Å². The van der Waals surface area contributed by atoms with Gasteiger partial charge in [-0.05, 0) is 23.3 Å². The molecule has 0 N–H and O–H groups in total. The zero-order valence-corrected chi connectivity index (χ0v) is 13.4. The van der Waals surface area contributed by atoms with Crippen LogP contribution >= 0.6 is 0 Å². The Morgan fingerprint density at radius 2 is 1.26 bits per heavy atom. The topological polar surface area (TPSA) is 20.3 Å². The summed E-state index contributed by atoms with van der Waals surface area (Å²) in [6, 6.07) is 25.7. The van der Waals surface area contributed by atoms with E-state index in [4.69, 9.17) is 0 Å². The first-order chi connectivity index (χ1) is 11.2. The quantitative estimate of drug-likeness (QED) is 0.654. The molecule has 2 nitrogen and oxygen atoms in total. The number of carbonyl (C=O) groups excluding carboxylic acids is 1. The third kappa shape index (κ3) is 3.16. The minimum absolute atomic E-state index is 0.0499. The number of anilines is 1. The first kappa shape index (κ1) is 15.0.